The molecule has 0 bridgehead atoms. The second kappa shape index (κ2) is 17.0. The third kappa shape index (κ3) is 18.6. The lowest BCUT2D eigenvalue weighted by atomic mass is 10.0. The summed E-state index contributed by atoms with van der Waals surface area (Å²) >= 11 is 0. The smallest absolute Gasteiger partial charge is 0.328 e. The zero-order valence-electron chi connectivity index (χ0n) is 14.6. The van der Waals surface area contributed by atoms with Gasteiger partial charge in [-0.15, -0.1) is 0 Å². The molecule has 0 amide bonds. The van der Waals surface area contributed by atoms with E-state index in [1.165, 1.54) is 38.2 Å². The van der Waals surface area contributed by atoms with Gasteiger partial charge in [0.05, 0.1) is 6.10 Å². The van der Waals surface area contributed by atoms with Gasteiger partial charge in [0, 0.05) is 6.08 Å². The number of aliphatic hydroxyl groups is 1. The SMILES string of the molecule is CCCCCCCCC(O)CCCC/C=C/C=C/C=C/C(=O)O. The van der Waals surface area contributed by atoms with Crippen molar-refractivity contribution in [1.29, 1.82) is 0 Å². The van der Waals surface area contributed by atoms with Crippen LogP contribution in [-0.4, -0.2) is 22.3 Å². The van der Waals surface area contributed by atoms with Crippen LogP contribution >= 0.6 is 0 Å². The second-order valence-corrected chi connectivity index (χ2v) is 6.01. The number of carboxylic acids is 1. The van der Waals surface area contributed by atoms with Crippen LogP contribution in [0.2, 0.25) is 0 Å². The molecule has 0 heterocycles. The van der Waals surface area contributed by atoms with Crippen molar-refractivity contribution in [2.24, 2.45) is 0 Å². The van der Waals surface area contributed by atoms with Crippen LogP contribution in [0.5, 0.6) is 0 Å². The van der Waals surface area contributed by atoms with Crippen molar-refractivity contribution in [3.05, 3.63) is 36.5 Å². The fourth-order valence-electron chi connectivity index (χ4n) is 2.39. The number of allylic oxidation sites excluding steroid dienone is 5. The Hall–Kier alpha value is -1.35. The highest BCUT2D eigenvalue weighted by molar-refractivity contribution is 5.80. The maximum atomic E-state index is 10.2. The van der Waals surface area contributed by atoms with Crippen LogP contribution in [-0.2, 0) is 4.79 Å². The molecule has 132 valence electrons. The summed E-state index contributed by atoms with van der Waals surface area (Å²) < 4.78 is 0. The average Bonchev–Trinajstić information content (AvgIpc) is 2.52. The monoisotopic (exact) mass is 322 g/mol. The minimum atomic E-state index is -0.932. The van der Waals surface area contributed by atoms with Gasteiger partial charge in [0.1, 0.15) is 0 Å². The highest BCUT2D eigenvalue weighted by Gasteiger charge is 2.03. The molecular formula is C20H34O3. The van der Waals surface area contributed by atoms with Crippen molar-refractivity contribution >= 4 is 5.97 Å². The lowest BCUT2D eigenvalue weighted by molar-refractivity contribution is -0.131. The number of hydrogen-bond donors (Lipinski definition) is 2. The highest BCUT2D eigenvalue weighted by Crippen LogP contribution is 2.12. The molecule has 0 aromatic heterocycles. The Bertz CT molecular complexity index is 356. The van der Waals surface area contributed by atoms with Gasteiger partial charge < -0.3 is 10.2 Å². The van der Waals surface area contributed by atoms with Crippen LogP contribution in [0.1, 0.15) is 77.6 Å². The van der Waals surface area contributed by atoms with Crippen LogP contribution in [0.15, 0.2) is 36.5 Å². The van der Waals surface area contributed by atoms with Gasteiger partial charge in [-0.2, -0.15) is 0 Å². The molecule has 0 aliphatic carbocycles. The number of aliphatic carboxylic acids is 1. The molecule has 0 saturated heterocycles. The van der Waals surface area contributed by atoms with Gasteiger partial charge in [0.25, 0.3) is 0 Å². The van der Waals surface area contributed by atoms with Crippen LogP contribution in [0.4, 0.5) is 0 Å². The van der Waals surface area contributed by atoms with Gasteiger partial charge >= 0.3 is 5.97 Å². The number of rotatable bonds is 15. The van der Waals surface area contributed by atoms with Gasteiger partial charge in [0.15, 0.2) is 0 Å². The molecule has 2 N–H and O–H groups in total. The van der Waals surface area contributed by atoms with Gasteiger partial charge in [-0.1, -0.05) is 82.2 Å². The molecule has 3 nitrogen and oxygen atoms in total. The molecule has 0 fully saturated rings. The standard InChI is InChI=1S/C20H34O3/c1-2-3-4-5-10-13-16-19(21)17-14-11-8-6-7-9-12-15-18-20(22)23/h6-7,9,12,15,18-19,21H,2-5,8,10-11,13-14,16-17H2,1H3,(H,22,23)/b7-6+,12-9+,18-15+. The summed E-state index contributed by atoms with van der Waals surface area (Å²) in [5.41, 5.74) is 0. The van der Waals surface area contributed by atoms with E-state index in [-0.39, 0.29) is 6.10 Å². The summed E-state index contributed by atoms with van der Waals surface area (Å²) in [6, 6.07) is 0. The topological polar surface area (TPSA) is 57.5 Å². The van der Waals surface area contributed by atoms with E-state index >= 15 is 0 Å². The zero-order chi connectivity index (χ0) is 17.2. The Morgan fingerprint density at radius 1 is 0.870 bits per heavy atom. The Morgan fingerprint density at radius 2 is 1.48 bits per heavy atom. The van der Waals surface area contributed by atoms with Crippen molar-refractivity contribution in [3.63, 3.8) is 0 Å². The first-order valence-corrected chi connectivity index (χ1v) is 9.07. The Balaban J connectivity index is 3.41. The third-order valence-corrected chi connectivity index (χ3v) is 3.76. The Morgan fingerprint density at radius 3 is 2.17 bits per heavy atom. The lowest BCUT2D eigenvalue weighted by Crippen LogP contribution is -2.05. The van der Waals surface area contributed by atoms with Gasteiger partial charge in [0.2, 0.25) is 0 Å². The molecule has 0 spiro atoms. The number of aliphatic hydroxyl groups excluding tert-OH is 1. The summed E-state index contributed by atoms with van der Waals surface area (Å²) in [5, 5.41) is 18.3. The summed E-state index contributed by atoms with van der Waals surface area (Å²) in [4.78, 5) is 10.2. The van der Waals surface area contributed by atoms with Gasteiger partial charge in [-0.25, -0.2) is 4.79 Å². The number of carboxylic acid groups (broad SMARTS) is 1. The average molecular weight is 322 g/mol. The predicted molar refractivity (Wildman–Crippen MR) is 97.5 cm³/mol. The summed E-state index contributed by atoms with van der Waals surface area (Å²) in [6.45, 7) is 2.23. The fraction of sp³-hybridized carbons (Fsp3) is 0.650. The number of hydrogen-bond acceptors (Lipinski definition) is 2. The minimum Gasteiger partial charge on any atom is -0.478 e. The van der Waals surface area contributed by atoms with Crippen molar-refractivity contribution < 1.29 is 15.0 Å². The second-order valence-electron chi connectivity index (χ2n) is 6.01. The van der Waals surface area contributed by atoms with Crippen molar-refractivity contribution in [3.8, 4) is 0 Å². The minimum absolute atomic E-state index is 0.133. The first-order chi connectivity index (χ1) is 11.2. The Kier molecular flexibility index (Phi) is 16.0. The molecule has 0 aliphatic rings. The van der Waals surface area contributed by atoms with Crippen molar-refractivity contribution in [1.82, 2.24) is 0 Å². The number of carbonyl (C=O) groups is 1. The van der Waals surface area contributed by atoms with E-state index in [1.807, 2.05) is 12.2 Å². The molecule has 1 unspecified atom stereocenters. The Labute approximate surface area is 141 Å². The summed E-state index contributed by atoms with van der Waals surface area (Å²) in [6.07, 6.45) is 22.7. The van der Waals surface area contributed by atoms with E-state index in [4.69, 9.17) is 5.11 Å². The molecule has 0 aliphatic heterocycles. The van der Waals surface area contributed by atoms with Crippen LogP contribution in [0.25, 0.3) is 0 Å². The largest absolute Gasteiger partial charge is 0.478 e. The summed E-state index contributed by atoms with van der Waals surface area (Å²) in [7, 11) is 0. The molecule has 0 aromatic carbocycles. The van der Waals surface area contributed by atoms with Crippen molar-refractivity contribution in [2.45, 2.75) is 83.7 Å². The van der Waals surface area contributed by atoms with Gasteiger partial charge in [-0.05, 0) is 25.7 Å². The highest BCUT2D eigenvalue weighted by atomic mass is 16.4. The van der Waals surface area contributed by atoms with Crippen LogP contribution < -0.4 is 0 Å². The van der Waals surface area contributed by atoms with Crippen molar-refractivity contribution in [2.75, 3.05) is 0 Å². The normalized spacial score (nSPS) is 13.5. The van der Waals surface area contributed by atoms with E-state index in [0.29, 0.717) is 0 Å². The molecule has 0 saturated carbocycles. The third-order valence-electron chi connectivity index (χ3n) is 3.76. The van der Waals surface area contributed by atoms with Gasteiger partial charge in [-0.3, -0.25) is 0 Å². The molecule has 3 heteroatoms. The number of unbranched alkanes of at least 4 members (excludes halogenated alkanes) is 7. The molecular weight excluding hydrogens is 288 g/mol. The maximum Gasteiger partial charge on any atom is 0.328 e. The molecule has 0 rings (SSSR count). The first-order valence-electron chi connectivity index (χ1n) is 9.07. The molecule has 0 radical (unpaired) electrons. The van der Waals surface area contributed by atoms with E-state index in [0.717, 1.165) is 44.6 Å². The van der Waals surface area contributed by atoms with Crippen LogP contribution in [0.3, 0.4) is 0 Å². The molecule has 1 atom stereocenters. The molecule has 0 aromatic rings. The van der Waals surface area contributed by atoms with E-state index in [2.05, 4.69) is 13.0 Å². The molecule has 23 heavy (non-hydrogen) atoms. The van der Waals surface area contributed by atoms with Crippen LogP contribution in [0, 0.1) is 0 Å². The fourth-order valence-corrected chi connectivity index (χ4v) is 2.39. The lowest BCUT2D eigenvalue weighted by Gasteiger charge is -2.09. The summed E-state index contributed by atoms with van der Waals surface area (Å²) in [5.74, 6) is -0.932. The van der Waals surface area contributed by atoms with E-state index < -0.39 is 5.97 Å². The first kappa shape index (κ1) is 21.6. The van der Waals surface area contributed by atoms with E-state index in [9.17, 15) is 9.90 Å². The quantitative estimate of drug-likeness (QED) is 0.241. The predicted octanol–water partition coefficient (Wildman–Crippen LogP) is 5.41. The maximum absolute atomic E-state index is 10.2. The van der Waals surface area contributed by atoms with E-state index in [1.54, 1.807) is 6.08 Å². The zero-order valence-corrected chi connectivity index (χ0v) is 14.6.